The fourth-order valence-electron chi connectivity index (χ4n) is 6.04. The zero-order chi connectivity index (χ0) is 20.7. The summed E-state index contributed by atoms with van der Waals surface area (Å²) in [5.74, 6) is 3.00. The van der Waals surface area contributed by atoms with E-state index in [1.165, 1.54) is 37.8 Å². The number of piperidine rings is 3. The van der Waals surface area contributed by atoms with Gasteiger partial charge in [-0.05, 0) is 61.8 Å². The van der Waals surface area contributed by atoms with Crippen molar-refractivity contribution >= 4 is 11.8 Å². The van der Waals surface area contributed by atoms with E-state index in [0.717, 1.165) is 31.1 Å². The normalized spacial score (nSPS) is 28.8. The molecule has 4 heterocycles. The molecule has 30 heavy (non-hydrogen) atoms. The molecule has 1 aromatic heterocycles. The molecule has 0 spiro atoms. The molecule has 3 aliphatic heterocycles. The molecule has 1 aromatic carbocycles. The molecule has 0 aliphatic carbocycles. The fourth-order valence-corrected chi connectivity index (χ4v) is 6.04. The summed E-state index contributed by atoms with van der Waals surface area (Å²) < 4.78 is 5.45. The number of aromatic amines is 1. The van der Waals surface area contributed by atoms with Crippen molar-refractivity contribution in [3.63, 3.8) is 0 Å². The first-order valence-corrected chi connectivity index (χ1v) is 11.1. The third-order valence-corrected chi connectivity index (χ3v) is 7.27. The number of hydrogen-bond acceptors (Lipinski definition) is 6. The molecular formula is C23H31N5O2. The van der Waals surface area contributed by atoms with Crippen LogP contribution in [0.1, 0.15) is 31.2 Å². The number of nitrogens with zero attached hydrogens (tertiary/aromatic N) is 3. The van der Waals surface area contributed by atoms with Crippen LogP contribution in [0.25, 0.3) is 0 Å². The largest absolute Gasteiger partial charge is 0.497 e. The van der Waals surface area contributed by atoms with E-state index in [-0.39, 0.29) is 11.5 Å². The van der Waals surface area contributed by atoms with Crippen molar-refractivity contribution < 1.29 is 4.74 Å². The number of nitrogens with two attached hydrogens (primary N) is 1. The predicted octanol–water partition coefficient (Wildman–Crippen LogP) is 2.28. The number of aromatic nitrogens is 2. The molecular weight excluding hydrogens is 378 g/mol. The van der Waals surface area contributed by atoms with Gasteiger partial charge in [-0.3, -0.25) is 14.7 Å². The highest BCUT2D eigenvalue weighted by atomic mass is 16.5. The highest BCUT2D eigenvalue weighted by Crippen LogP contribution is 2.43. The van der Waals surface area contributed by atoms with Gasteiger partial charge >= 0.3 is 0 Å². The van der Waals surface area contributed by atoms with Crippen LogP contribution in [0.5, 0.6) is 5.75 Å². The molecule has 3 fully saturated rings. The Balaban J connectivity index is 1.45. The Labute approximate surface area is 177 Å². The van der Waals surface area contributed by atoms with E-state index in [9.17, 15) is 4.79 Å². The molecule has 0 amide bonds. The molecule has 3 aliphatic rings. The van der Waals surface area contributed by atoms with Crippen molar-refractivity contribution in [1.29, 1.82) is 0 Å². The highest BCUT2D eigenvalue weighted by Gasteiger charge is 2.47. The average molecular weight is 410 g/mol. The van der Waals surface area contributed by atoms with E-state index in [1.54, 1.807) is 13.2 Å². The molecule has 3 saturated heterocycles. The number of ether oxygens (including phenoxy) is 1. The number of benzene rings is 1. The summed E-state index contributed by atoms with van der Waals surface area (Å²) in [7, 11) is 1.73. The lowest BCUT2D eigenvalue weighted by atomic mass is 9.71. The monoisotopic (exact) mass is 409 g/mol. The lowest BCUT2D eigenvalue weighted by molar-refractivity contribution is -0.0318. The van der Waals surface area contributed by atoms with Gasteiger partial charge in [-0.1, -0.05) is 18.6 Å². The average Bonchev–Trinajstić information content (AvgIpc) is 2.76. The van der Waals surface area contributed by atoms with Crippen LogP contribution in [0.2, 0.25) is 0 Å². The van der Waals surface area contributed by atoms with Crippen molar-refractivity contribution in [2.75, 3.05) is 37.4 Å². The summed E-state index contributed by atoms with van der Waals surface area (Å²) in [6, 6.07) is 11.2. The fraction of sp³-hybridized carbons (Fsp3) is 0.565. The van der Waals surface area contributed by atoms with E-state index in [4.69, 9.17) is 10.5 Å². The molecule has 0 saturated carbocycles. The van der Waals surface area contributed by atoms with Gasteiger partial charge in [0.25, 0.3) is 5.56 Å². The van der Waals surface area contributed by atoms with Crippen LogP contribution in [0.4, 0.5) is 11.8 Å². The van der Waals surface area contributed by atoms with E-state index >= 15 is 0 Å². The summed E-state index contributed by atoms with van der Waals surface area (Å²) >= 11 is 0. The molecule has 0 unspecified atom stereocenters. The van der Waals surface area contributed by atoms with E-state index in [2.05, 4.69) is 38.0 Å². The second-order valence-electron chi connectivity index (χ2n) is 9.07. The Hall–Kier alpha value is -2.54. The number of fused-ring (bicyclic) bond motifs is 4. The molecule has 7 nitrogen and oxygen atoms in total. The second-order valence-corrected chi connectivity index (χ2v) is 9.07. The van der Waals surface area contributed by atoms with Crippen LogP contribution < -0.4 is 20.9 Å². The van der Waals surface area contributed by atoms with Crippen LogP contribution in [0, 0.1) is 11.8 Å². The molecule has 3 N–H and O–H groups in total. The Morgan fingerprint density at radius 1 is 1.23 bits per heavy atom. The van der Waals surface area contributed by atoms with Gasteiger partial charge in [0, 0.05) is 31.2 Å². The van der Waals surface area contributed by atoms with E-state index in [1.807, 2.05) is 6.07 Å². The van der Waals surface area contributed by atoms with E-state index in [0.29, 0.717) is 23.9 Å². The molecule has 4 atom stereocenters. The number of nitrogens with one attached hydrogen (secondary N) is 1. The van der Waals surface area contributed by atoms with Crippen molar-refractivity contribution in [2.24, 2.45) is 11.8 Å². The summed E-state index contributed by atoms with van der Waals surface area (Å²) in [6.07, 6.45) is 6.16. The van der Waals surface area contributed by atoms with Gasteiger partial charge < -0.3 is 15.4 Å². The SMILES string of the molecule is COc1cccc(C[C@H]2[C@H]3C[C@H](CN(c4cc(=O)[nH]c(N)n4)C3)[C@@H]3CCCCN32)c1. The number of hydrogen-bond donors (Lipinski definition) is 2. The third kappa shape index (κ3) is 3.67. The minimum atomic E-state index is -0.180. The zero-order valence-corrected chi connectivity index (χ0v) is 17.6. The standard InChI is InChI=1S/C23H31N5O2/c1-30-18-6-4-5-15(9-18)10-20-17-11-16(19-7-2-3-8-28(19)20)13-27(14-17)21-12-22(29)26-23(24)25-21/h4-6,9,12,16-17,19-20H,2-3,7-8,10-11,13-14H2,1H3,(H3,24,25,26,29)/t16-,17+,19+,20+/m1/s1. The van der Waals surface area contributed by atoms with Crippen LogP contribution in [-0.2, 0) is 6.42 Å². The topological polar surface area (TPSA) is 87.5 Å². The third-order valence-electron chi connectivity index (χ3n) is 7.27. The Morgan fingerprint density at radius 3 is 2.93 bits per heavy atom. The maximum Gasteiger partial charge on any atom is 0.254 e. The number of methoxy groups -OCH3 is 1. The van der Waals surface area contributed by atoms with Gasteiger partial charge in [-0.2, -0.15) is 4.98 Å². The predicted molar refractivity (Wildman–Crippen MR) is 118 cm³/mol. The maximum absolute atomic E-state index is 12.0. The van der Waals surface area contributed by atoms with Crippen LogP contribution in [-0.4, -0.2) is 53.7 Å². The van der Waals surface area contributed by atoms with Crippen molar-refractivity contribution in [1.82, 2.24) is 14.9 Å². The number of H-pyrrole nitrogens is 1. The molecule has 5 rings (SSSR count). The maximum atomic E-state index is 12.0. The van der Waals surface area contributed by atoms with Gasteiger partial charge in [0.1, 0.15) is 11.6 Å². The number of rotatable bonds is 4. The summed E-state index contributed by atoms with van der Waals surface area (Å²) in [4.78, 5) is 24.1. The molecule has 2 bridgehead atoms. The van der Waals surface area contributed by atoms with Crippen molar-refractivity contribution in [3.05, 3.63) is 46.2 Å². The minimum Gasteiger partial charge on any atom is -0.497 e. The van der Waals surface area contributed by atoms with Crippen LogP contribution in [0.15, 0.2) is 35.1 Å². The van der Waals surface area contributed by atoms with Gasteiger partial charge in [-0.15, -0.1) is 0 Å². The zero-order valence-electron chi connectivity index (χ0n) is 17.6. The first-order chi connectivity index (χ1) is 14.6. The van der Waals surface area contributed by atoms with Crippen LogP contribution >= 0.6 is 0 Å². The summed E-state index contributed by atoms with van der Waals surface area (Å²) in [5.41, 5.74) is 6.98. The lowest BCUT2D eigenvalue weighted by Gasteiger charge is -2.57. The van der Waals surface area contributed by atoms with E-state index < -0.39 is 0 Å². The molecule has 160 valence electrons. The van der Waals surface area contributed by atoms with Gasteiger partial charge in [-0.25, -0.2) is 0 Å². The lowest BCUT2D eigenvalue weighted by Crippen LogP contribution is -2.64. The van der Waals surface area contributed by atoms with Crippen molar-refractivity contribution in [2.45, 2.75) is 44.2 Å². The minimum absolute atomic E-state index is 0.180. The van der Waals surface area contributed by atoms with Crippen LogP contribution in [0.3, 0.4) is 0 Å². The first kappa shape index (κ1) is 19.4. The Kier molecular flexibility index (Phi) is 5.15. The smallest absolute Gasteiger partial charge is 0.254 e. The molecule has 7 heteroatoms. The second kappa shape index (κ2) is 7.95. The quantitative estimate of drug-likeness (QED) is 0.806. The van der Waals surface area contributed by atoms with Gasteiger partial charge in [0.05, 0.1) is 7.11 Å². The highest BCUT2D eigenvalue weighted by molar-refractivity contribution is 5.42. The number of anilines is 2. The van der Waals surface area contributed by atoms with Gasteiger partial charge in [0.2, 0.25) is 5.95 Å². The Morgan fingerprint density at radius 2 is 2.10 bits per heavy atom. The first-order valence-electron chi connectivity index (χ1n) is 11.1. The van der Waals surface area contributed by atoms with Gasteiger partial charge in [0.15, 0.2) is 0 Å². The summed E-state index contributed by atoms with van der Waals surface area (Å²) in [5, 5.41) is 0. The number of nitrogen functional groups attached to an aromatic ring is 1. The summed E-state index contributed by atoms with van der Waals surface area (Å²) in [6.45, 7) is 3.08. The molecule has 0 radical (unpaired) electrons. The Bertz CT molecular complexity index is 961. The molecule has 2 aromatic rings. The van der Waals surface area contributed by atoms with Crippen molar-refractivity contribution in [3.8, 4) is 5.75 Å².